The smallest absolute Gasteiger partial charge is 0.222 e. The predicted octanol–water partition coefficient (Wildman–Crippen LogP) is 1.21. The van der Waals surface area contributed by atoms with Crippen molar-refractivity contribution in [3.63, 3.8) is 0 Å². The Hall–Kier alpha value is -1.95. The lowest BCUT2D eigenvalue weighted by molar-refractivity contribution is 0.138. The van der Waals surface area contributed by atoms with Gasteiger partial charge in [-0.1, -0.05) is 0 Å². The number of rotatable bonds is 2. The lowest BCUT2D eigenvalue weighted by Gasteiger charge is -2.11. The van der Waals surface area contributed by atoms with Crippen LogP contribution in [-0.2, 0) is 4.74 Å². The van der Waals surface area contributed by atoms with Crippen molar-refractivity contribution in [3.8, 4) is 11.8 Å². The number of pyridine rings is 1. The standard InChI is InChI=1S/C12H13N3O3/c1-7-14-10-5-13-11(4-9(10)12(16)15-7)18-8-2-3-17-6-8/h4-5,8H,2-3,6H2,1H3,(H,14,15,16)/t8-/m0/s1. The number of hydrogen-bond acceptors (Lipinski definition) is 6. The number of aromatic nitrogens is 3. The molecule has 6 heteroatoms. The van der Waals surface area contributed by atoms with Gasteiger partial charge in [-0.15, -0.1) is 0 Å². The number of fused-ring (bicyclic) bond motifs is 1. The van der Waals surface area contributed by atoms with Gasteiger partial charge >= 0.3 is 0 Å². The summed E-state index contributed by atoms with van der Waals surface area (Å²) < 4.78 is 10.9. The number of hydrogen-bond donors (Lipinski definition) is 1. The monoisotopic (exact) mass is 247 g/mol. The average Bonchev–Trinajstić information content (AvgIpc) is 2.83. The molecule has 0 aromatic carbocycles. The third-order valence-electron chi connectivity index (χ3n) is 2.82. The number of aromatic hydroxyl groups is 1. The molecular weight excluding hydrogens is 234 g/mol. The molecule has 1 aliphatic rings. The van der Waals surface area contributed by atoms with E-state index in [-0.39, 0.29) is 12.0 Å². The highest BCUT2D eigenvalue weighted by Crippen LogP contribution is 2.25. The van der Waals surface area contributed by atoms with E-state index in [4.69, 9.17) is 9.47 Å². The molecule has 0 unspecified atom stereocenters. The van der Waals surface area contributed by atoms with Gasteiger partial charge in [0, 0.05) is 12.5 Å². The van der Waals surface area contributed by atoms with Crippen LogP contribution in [0.25, 0.3) is 10.9 Å². The van der Waals surface area contributed by atoms with Gasteiger partial charge in [-0.05, 0) is 6.92 Å². The summed E-state index contributed by atoms with van der Waals surface area (Å²) in [6.07, 6.45) is 2.47. The number of ether oxygens (including phenoxy) is 2. The second-order valence-corrected chi connectivity index (χ2v) is 4.24. The van der Waals surface area contributed by atoms with E-state index in [0.29, 0.717) is 35.8 Å². The lowest BCUT2D eigenvalue weighted by atomic mass is 10.3. The third kappa shape index (κ3) is 2.06. The topological polar surface area (TPSA) is 77.4 Å². The first-order chi connectivity index (χ1) is 8.72. The molecule has 0 bridgehead atoms. The second-order valence-electron chi connectivity index (χ2n) is 4.24. The van der Waals surface area contributed by atoms with Crippen LogP contribution in [0.5, 0.6) is 11.8 Å². The molecule has 1 fully saturated rings. The van der Waals surface area contributed by atoms with Crippen LogP contribution in [0.15, 0.2) is 12.3 Å². The van der Waals surface area contributed by atoms with Crippen LogP contribution in [0.1, 0.15) is 12.2 Å². The van der Waals surface area contributed by atoms with Crippen LogP contribution in [0.2, 0.25) is 0 Å². The number of nitrogens with zero attached hydrogens (tertiary/aromatic N) is 3. The maximum Gasteiger partial charge on any atom is 0.222 e. The molecule has 18 heavy (non-hydrogen) atoms. The predicted molar refractivity (Wildman–Crippen MR) is 63.6 cm³/mol. The SMILES string of the molecule is Cc1nc(O)c2cc(O[C@H]3CCOC3)ncc2n1. The second kappa shape index (κ2) is 4.38. The van der Waals surface area contributed by atoms with E-state index >= 15 is 0 Å². The van der Waals surface area contributed by atoms with Crippen LogP contribution in [0, 0.1) is 6.92 Å². The molecule has 3 heterocycles. The molecule has 0 amide bonds. The van der Waals surface area contributed by atoms with Gasteiger partial charge in [0.05, 0.1) is 30.3 Å². The van der Waals surface area contributed by atoms with Crippen LogP contribution in [-0.4, -0.2) is 39.4 Å². The molecule has 0 spiro atoms. The van der Waals surface area contributed by atoms with Gasteiger partial charge in [0.25, 0.3) is 0 Å². The Morgan fingerprint density at radius 3 is 3.11 bits per heavy atom. The molecule has 2 aromatic rings. The summed E-state index contributed by atoms with van der Waals surface area (Å²) in [6.45, 7) is 3.02. The van der Waals surface area contributed by atoms with Crippen molar-refractivity contribution in [2.24, 2.45) is 0 Å². The summed E-state index contributed by atoms with van der Waals surface area (Å²) in [5, 5.41) is 10.3. The normalized spacial score (nSPS) is 19.3. The van der Waals surface area contributed by atoms with Crippen molar-refractivity contribution >= 4 is 10.9 Å². The first-order valence-corrected chi connectivity index (χ1v) is 5.80. The van der Waals surface area contributed by atoms with Crippen LogP contribution >= 0.6 is 0 Å². The first-order valence-electron chi connectivity index (χ1n) is 5.80. The van der Waals surface area contributed by atoms with Gasteiger partial charge in [-0.3, -0.25) is 0 Å². The summed E-state index contributed by atoms with van der Waals surface area (Å²) in [5.41, 5.74) is 0.607. The quantitative estimate of drug-likeness (QED) is 0.859. The molecule has 2 aromatic heterocycles. The van der Waals surface area contributed by atoms with Crippen molar-refractivity contribution in [1.29, 1.82) is 0 Å². The van der Waals surface area contributed by atoms with E-state index in [1.54, 1.807) is 19.2 Å². The van der Waals surface area contributed by atoms with Crippen molar-refractivity contribution in [3.05, 3.63) is 18.1 Å². The van der Waals surface area contributed by atoms with Crippen molar-refractivity contribution in [1.82, 2.24) is 15.0 Å². The van der Waals surface area contributed by atoms with Gasteiger partial charge in [0.15, 0.2) is 0 Å². The average molecular weight is 247 g/mol. The molecule has 94 valence electrons. The van der Waals surface area contributed by atoms with E-state index in [1.165, 1.54) is 0 Å². The van der Waals surface area contributed by atoms with E-state index in [2.05, 4.69) is 15.0 Å². The summed E-state index contributed by atoms with van der Waals surface area (Å²) in [7, 11) is 0. The van der Waals surface area contributed by atoms with E-state index in [1.807, 2.05) is 0 Å². The van der Waals surface area contributed by atoms with Gasteiger partial charge < -0.3 is 14.6 Å². The molecule has 0 radical (unpaired) electrons. The zero-order valence-electron chi connectivity index (χ0n) is 9.96. The zero-order chi connectivity index (χ0) is 12.5. The number of aryl methyl sites for hydroxylation is 1. The molecule has 1 atom stereocenters. The Morgan fingerprint density at radius 2 is 2.33 bits per heavy atom. The Morgan fingerprint density at radius 1 is 1.44 bits per heavy atom. The highest BCUT2D eigenvalue weighted by molar-refractivity contribution is 5.83. The highest BCUT2D eigenvalue weighted by Gasteiger charge is 2.18. The first kappa shape index (κ1) is 11.2. The molecule has 0 aliphatic carbocycles. The molecule has 1 N–H and O–H groups in total. The van der Waals surface area contributed by atoms with Gasteiger partial charge in [-0.2, -0.15) is 4.98 Å². The Bertz CT molecular complexity index is 582. The van der Waals surface area contributed by atoms with E-state index in [0.717, 1.165) is 6.42 Å². The molecule has 6 nitrogen and oxygen atoms in total. The van der Waals surface area contributed by atoms with Crippen molar-refractivity contribution in [2.45, 2.75) is 19.4 Å². The summed E-state index contributed by atoms with van der Waals surface area (Å²) in [5.74, 6) is 0.924. The fourth-order valence-corrected chi connectivity index (χ4v) is 1.95. The van der Waals surface area contributed by atoms with E-state index < -0.39 is 0 Å². The maximum atomic E-state index is 9.78. The minimum absolute atomic E-state index is 0.0310. The molecule has 3 rings (SSSR count). The Balaban J connectivity index is 1.94. The summed E-state index contributed by atoms with van der Waals surface area (Å²) >= 11 is 0. The zero-order valence-corrected chi connectivity index (χ0v) is 9.96. The third-order valence-corrected chi connectivity index (χ3v) is 2.82. The fraction of sp³-hybridized carbons (Fsp3) is 0.417. The van der Waals surface area contributed by atoms with E-state index in [9.17, 15) is 5.11 Å². The Labute approximate surface area is 104 Å². The van der Waals surface area contributed by atoms with Crippen molar-refractivity contribution < 1.29 is 14.6 Å². The van der Waals surface area contributed by atoms with Gasteiger partial charge in [0.1, 0.15) is 11.9 Å². The Kier molecular flexibility index (Phi) is 2.71. The van der Waals surface area contributed by atoms with Crippen molar-refractivity contribution in [2.75, 3.05) is 13.2 Å². The molecule has 1 saturated heterocycles. The minimum Gasteiger partial charge on any atom is -0.493 e. The van der Waals surface area contributed by atoms with Crippen LogP contribution < -0.4 is 4.74 Å². The lowest BCUT2D eigenvalue weighted by Crippen LogP contribution is -2.16. The molecule has 0 saturated carbocycles. The van der Waals surface area contributed by atoms with Gasteiger partial charge in [0.2, 0.25) is 11.8 Å². The summed E-state index contributed by atoms with van der Waals surface area (Å²) in [6, 6.07) is 1.66. The van der Waals surface area contributed by atoms with Crippen LogP contribution in [0.3, 0.4) is 0 Å². The molecule has 1 aliphatic heterocycles. The summed E-state index contributed by atoms with van der Waals surface area (Å²) in [4.78, 5) is 12.3. The maximum absolute atomic E-state index is 9.78. The fourth-order valence-electron chi connectivity index (χ4n) is 1.95. The molecular formula is C12H13N3O3. The van der Waals surface area contributed by atoms with Gasteiger partial charge in [-0.25, -0.2) is 9.97 Å². The van der Waals surface area contributed by atoms with Crippen LogP contribution in [0.4, 0.5) is 0 Å². The minimum atomic E-state index is -0.0487. The largest absolute Gasteiger partial charge is 0.493 e. The highest BCUT2D eigenvalue weighted by atomic mass is 16.5.